The van der Waals surface area contributed by atoms with Gasteiger partial charge in [0.2, 0.25) is 5.91 Å². The molecule has 0 aliphatic rings. The zero-order valence-corrected chi connectivity index (χ0v) is 16.4. The van der Waals surface area contributed by atoms with Crippen molar-refractivity contribution in [1.29, 1.82) is 0 Å². The zero-order chi connectivity index (χ0) is 20.0. The first-order valence-electron chi connectivity index (χ1n) is 9.24. The van der Waals surface area contributed by atoms with Crippen molar-refractivity contribution in [3.05, 3.63) is 59.7 Å². The van der Waals surface area contributed by atoms with Crippen molar-refractivity contribution in [1.82, 2.24) is 0 Å². The number of para-hydroxylation sites is 2. The molecule has 0 heterocycles. The number of aliphatic carboxylic acids is 1. The Kier molecular flexibility index (Phi) is 6.99. The molecule has 27 heavy (non-hydrogen) atoms. The molecular formula is C22H28N2O3. The monoisotopic (exact) mass is 368 g/mol. The van der Waals surface area contributed by atoms with E-state index in [-0.39, 0.29) is 30.8 Å². The predicted octanol–water partition coefficient (Wildman–Crippen LogP) is 4.46. The van der Waals surface area contributed by atoms with Crippen LogP contribution in [0.3, 0.4) is 0 Å². The molecule has 0 atom stereocenters. The standard InChI is InChI=1S/C22H28N2O3/c1-15(2)18-11-8-12-19(16(3)4)22(18)23-20(25)13-24(14-21(26)27)17-9-6-5-7-10-17/h5-12,15-16H,13-14H2,1-4H3,(H,23,25)(H,26,27). The van der Waals surface area contributed by atoms with Gasteiger partial charge in [-0.05, 0) is 35.1 Å². The van der Waals surface area contributed by atoms with E-state index in [1.165, 1.54) is 0 Å². The van der Waals surface area contributed by atoms with Gasteiger partial charge in [0.25, 0.3) is 0 Å². The molecule has 5 nitrogen and oxygen atoms in total. The lowest BCUT2D eigenvalue weighted by atomic mass is 9.92. The third-order valence-corrected chi connectivity index (χ3v) is 4.42. The minimum Gasteiger partial charge on any atom is -0.480 e. The first kappa shape index (κ1) is 20.5. The van der Waals surface area contributed by atoms with Gasteiger partial charge in [-0.3, -0.25) is 9.59 Å². The van der Waals surface area contributed by atoms with Gasteiger partial charge in [-0.25, -0.2) is 0 Å². The maximum Gasteiger partial charge on any atom is 0.323 e. The fourth-order valence-corrected chi connectivity index (χ4v) is 3.09. The largest absolute Gasteiger partial charge is 0.480 e. The smallest absolute Gasteiger partial charge is 0.323 e. The molecule has 5 heteroatoms. The molecule has 2 rings (SSSR count). The molecule has 2 aromatic rings. The number of hydrogen-bond acceptors (Lipinski definition) is 3. The van der Waals surface area contributed by atoms with E-state index in [0.29, 0.717) is 5.69 Å². The number of anilines is 2. The lowest BCUT2D eigenvalue weighted by Gasteiger charge is -2.24. The number of rotatable bonds is 8. The van der Waals surface area contributed by atoms with Crippen molar-refractivity contribution >= 4 is 23.3 Å². The molecule has 2 aromatic carbocycles. The van der Waals surface area contributed by atoms with E-state index in [1.807, 2.05) is 36.4 Å². The molecule has 0 aliphatic heterocycles. The average Bonchev–Trinajstić information content (AvgIpc) is 2.61. The predicted molar refractivity (Wildman–Crippen MR) is 110 cm³/mol. The third-order valence-electron chi connectivity index (χ3n) is 4.42. The number of nitrogens with one attached hydrogen (secondary N) is 1. The van der Waals surface area contributed by atoms with Gasteiger partial charge in [0.1, 0.15) is 6.54 Å². The number of carbonyl (C=O) groups excluding carboxylic acids is 1. The highest BCUT2D eigenvalue weighted by Crippen LogP contribution is 2.32. The van der Waals surface area contributed by atoms with Gasteiger partial charge in [-0.2, -0.15) is 0 Å². The molecule has 0 aliphatic carbocycles. The van der Waals surface area contributed by atoms with Crippen molar-refractivity contribution in [3.63, 3.8) is 0 Å². The minimum atomic E-state index is -0.975. The molecule has 0 aromatic heterocycles. The van der Waals surface area contributed by atoms with Gasteiger partial charge in [0, 0.05) is 11.4 Å². The Morgan fingerprint density at radius 3 is 1.93 bits per heavy atom. The highest BCUT2D eigenvalue weighted by Gasteiger charge is 2.19. The van der Waals surface area contributed by atoms with E-state index in [4.69, 9.17) is 0 Å². The summed E-state index contributed by atoms with van der Waals surface area (Å²) in [6.45, 7) is 8.11. The number of amides is 1. The average molecular weight is 368 g/mol. The number of carboxylic acid groups (broad SMARTS) is 1. The summed E-state index contributed by atoms with van der Waals surface area (Å²) in [6.07, 6.45) is 0. The fraction of sp³-hybridized carbons (Fsp3) is 0.364. The maximum atomic E-state index is 12.8. The summed E-state index contributed by atoms with van der Waals surface area (Å²) in [5, 5.41) is 12.3. The molecule has 0 saturated carbocycles. The van der Waals surface area contributed by atoms with Gasteiger partial charge in [-0.15, -0.1) is 0 Å². The molecule has 0 radical (unpaired) electrons. The number of nitrogens with zero attached hydrogens (tertiary/aromatic N) is 1. The second-order valence-corrected chi connectivity index (χ2v) is 7.25. The van der Waals surface area contributed by atoms with Crippen molar-refractivity contribution in [3.8, 4) is 0 Å². The van der Waals surface area contributed by atoms with E-state index in [9.17, 15) is 14.7 Å². The van der Waals surface area contributed by atoms with Crippen LogP contribution in [0.15, 0.2) is 48.5 Å². The SMILES string of the molecule is CC(C)c1cccc(C(C)C)c1NC(=O)CN(CC(=O)O)c1ccccc1. The number of hydrogen-bond donors (Lipinski definition) is 2. The van der Waals surface area contributed by atoms with Crippen LogP contribution >= 0.6 is 0 Å². The molecule has 2 N–H and O–H groups in total. The summed E-state index contributed by atoms with van der Waals surface area (Å²) in [6, 6.07) is 15.2. The van der Waals surface area contributed by atoms with Gasteiger partial charge in [0.15, 0.2) is 0 Å². The summed E-state index contributed by atoms with van der Waals surface area (Å²) in [5.41, 5.74) is 3.71. The van der Waals surface area contributed by atoms with E-state index < -0.39 is 5.97 Å². The second kappa shape index (κ2) is 9.21. The van der Waals surface area contributed by atoms with E-state index in [1.54, 1.807) is 17.0 Å². The van der Waals surface area contributed by atoms with Gasteiger partial charge < -0.3 is 15.3 Å². The van der Waals surface area contributed by atoms with E-state index in [2.05, 4.69) is 33.0 Å². The lowest BCUT2D eigenvalue weighted by Crippen LogP contribution is -2.37. The van der Waals surface area contributed by atoms with Crippen LogP contribution in [0.1, 0.15) is 50.7 Å². The first-order valence-corrected chi connectivity index (χ1v) is 9.24. The highest BCUT2D eigenvalue weighted by atomic mass is 16.4. The highest BCUT2D eigenvalue weighted by molar-refractivity contribution is 5.96. The molecule has 0 spiro atoms. The summed E-state index contributed by atoms with van der Waals surface area (Å²) < 4.78 is 0. The Labute approximate surface area is 161 Å². The van der Waals surface area contributed by atoms with Crippen molar-refractivity contribution in [2.45, 2.75) is 39.5 Å². The fourth-order valence-electron chi connectivity index (χ4n) is 3.09. The molecular weight excluding hydrogens is 340 g/mol. The van der Waals surface area contributed by atoms with Crippen LogP contribution in [0.5, 0.6) is 0 Å². The number of carboxylic acids is 1. The van der Waals surface area contributed by atoms with Crippen molar-refractivity contribution in [2.24, 2.45) is 0 Å². The van der Waals surface area contributed by atoms with Crippen LogP contribution in [0.2, 0.25) is 0 Å². The van der Waals surface area contributed by atoms with Crippen LogP contribution in [-0.4, -0.2) is 30.1 Å². The molecule has 0 saturated heterocycles. The lowest BCUT2D eigenvalue weighted by molar-refractivity contribution is -0.135. The third kappa shape index (κ3) is 5.58. The van der Waals surface area contributed by atoms with Crippen LogP contribution in [0.25, 0.3) is 0 Å². The maximum absolute atomic E-state index is 12.8. The normalized spacial score (nSPS) is 10.9. The van der Waals surface area contributed by atoms with Gasteiger partial charge in [0.05, 0.1) is 6.54 Å². The topological polar surface area (TPSA) is 69.6 Å². The molecule has 144 valence electrons. The van der Waals surface area contributed by atoms with E-state index in [0.717, 1.165) is 16.8 Å². The Balaban J connectivity index is 2.26. The summed E-state index contributed by atoms with van der Waals surface area (Å²) in [7, 11) is 0. The quantitative estimate of drug-likeness (QED) is 0.722. The Morgan fingerprint density at radius 2 is 1.44 bits per heavy atom. The number of carbonyl (C=O) groups is 2. The first-order chi connectivity index (χ1) is 12.8. The minimum absolute atomic E-state index is 0.0275. The van der Waals surface area contributed by atoms with Crippen LogP contribution in [0.4, 0.5) is 11.4 Å². The van der Waals surface area contributed by atoms with Crippen LogP contribution in [-0.2, 0) is 9.59 Å². The Morgan fingerprint density at radius 1 is 0.889 bits per heavy atom. The second-order valence-electron chi connectivity index (χ2n) is 7.25. The zero-order valence-electron chi connectivity index (χ0n) is 16.4. The summed E-state index contributed by atoms with van der Waals surface area (Å²) >= 11 is 0. The van der Waals surface area contributed by atoms with Crippen molar-refractivity contribution < 1.29 is 14.7 Å². The molecule has 0 bridgehead atoms. The van der Waals surface area contributed by atoms with E-state index >= 15 is 0 Å². The van der Waals surface area contributed by atoms with Crippen molar-refractivity contribution in [2.75, 3.05) is 23.3 Å². The summed E-state index contributed by atoms with van der Waals surface area (Å²) in [4.78, 5) is 25.6. The summed E-state index contributed by atoms with van der Waals surface area (Å²) in [5.74, 6) is -0.668. The van der Waals surface area contributed by atoms with Gasteiger partial charge in [-0.1, -0.05) is 64.1 Å². The van der Waals surface area contributed by atoms with Crippen LogP contribution < -0.4 is 10.2 Å². The van der Waals surface area contributed by atoms with Gasteiger partial charge >= 0.3 is 5.97 Å². The molecule has 0 fully saturated rings. The van der Waals surface area contributed by atoms with Crippen LogP contribution in [0, 0.1) is 0 Å². The molecule has 1 amide bonds. The molecule has 0 unspecified atom stereocenters. The Hall–Kier alpha value is -2.82. The Bertz CT molecular complexity index is 759. The number of benzene rings is 2.